The molecule has 96 heavy (non-hydrogen) atoms. The van der Waals surface area contributed by atoms with Gasteiger partial charge >= 0.3 is 0 Å². The van der Waals surface area contributed by atoms with Crippen LogP contribution in [0.2, 0.25) is 0 Å². The third-order valence-electron chi connectivity index (χ3n) is 19.7. The van der Waals surface area contributed by atoms with Crippen molar-refractivity contribution >= 4 is 5.91 Å². The highest BCUT2D eigenvalue weighted by molar-refractivity contribution is 5.76. The maximum Gasteiger partial charge on any atom is 0.220 e. The standard InChI is InChI=1S/C77H143NO18/c1-3-5-7-9-11-13-15-17-19-21-23-25-26-27-28-29-30-31-32-33-35-37-39-41-43-45-47-49-51-53-55-65(83)78-60(61(82)54-52-50-48-46-44-42-40-38-36-34-24-22-20-18-16-14-12-10-8-6-4-2)59-91-75-71(89)68(86)73(63(57-80)93-75)96-77-72(90)69(87)74(64(58-81)94-77)95-76-70(88)67(85)66(84)62(56-79)92-76/h36,38,44,46,52,54,60-64,66-77,79-82,84-90H,3-35,37,39-43,45,47-51,53,55-59H2,1-2H3,(H,78,83)/b38-36+,46-44+,54-52+. The van der Waals surface area contributed by atoms with E-state index in [9.17, 15) is 61.0 Å². The first-order valence-electron chi connectivity index (χ1n) is 39.2. The third kappa shape index (κ3) is 38.9. The predicted octanol–water partition coefficient (Wildman–Crippen LogP) is 12.3. The second-order valence-electron chi connectivity index (χ2n) is 28.2. The number of carbonyl (C=O) groups is 1. The minimum Gasteiger partial charge on any atom is -0.394 e. The van der Waals surface area contributed by atoms with Gasteiger partial charge in [-0.05, 0) is 44.9 Å². The van der Waals surface area contributed by atoms with E-state index in [0.29, 0.717) is 12.8 Å². The first-order chi connectivity index (χ1) is 46.8. The zero-order valence-corrected chi connectivity index (χ0v) is 60.1. The SMILES string of the molecule is CCCCCCCCCCCCC/C=C/CC/C=C/CC/C=C/C(O)C(COC1OC(CO)C(OC2OC(CO)C(OC3OC(CO)C(O)C(O)C3O)C(O)C2O)C(O)C1O)NC(=O)CCCCCCCCCCCCCCCCCCCCCCCCCCCCCCCC. The Kier molecular flexibility index (Phi) is 53.8. The Morgan fingerprint density at radius 3 is 1.04 bits per heavy atom. The summed E-state index contributed by atoms with van der Waals surface area (Å²) < 4.78 is 34.4. The molecule has 3 fully saturated rings. The third-order valence-corrected chi connectivity index (χ3v) is 19.7. The van der Waals surface area contributed by atoms with Crippen LogP contribution in [0.3, 0.4) is 0 Å². The Morgan fingerprint density at radius 1 is 0.365 bits per heavy atom. The minimum atomic E-state index is -1.98. The van der Waals surface area contributed by atoms with E-state index in [4.69, 9.17) is 28.4 Å². The van der Waals surface area contributed by atoms with Gasteiger partial charge in [0.25, 0.3) is 0 Å². The molecule has 564 valence electrons. The normalized spacial score (nSPS) is 27.2. The zero-order chi connectivity index (χ0) is 69.6. The number of nitrogens with one attached hydrogen (secondary N) is 1. The highest BCUT2D eigenvalue weighted by atomic mass is 16.8. The summed E-state index contributed by atoms with van der Waals surface area (Å²) in [6.07, 6.45) is 44.3. The molecule has 19 nitrogen and oxygen atoms in total. The van der Waals surface area contributed by atoms with Gasteiger partial charge in [0.05, 0.1) is 38.6 Å². The molecule has 3 aliphatic rings. The van der Waals surface area contributed by atoms with Crippen molar-refractivity contribution in [3.05, 3.63) is 36.5 Å². The minimum absolute atomic E-state index is 0.236. The fourth-order valence-corrected chi connectivity index (χ4v) is 13.3. The number of rotatable bonds is 62. The van der Waals surface area contributed by atoms with E-state index in [-0.39, 0.29) is 18.9 Å². The molecular weight excluding hydrogens is 1230 g/mol. The fourth-order valence-electron chi connectivity index (χ4n) is 13.3. The molecule has 0 aliphatic carbocycles. The number of allylic oxidation sites excluding steroid dienone is 5. The van der Waals surface area contributed by atoms with Gasteiger partial charge in [0.2, 0.25) is 5.91 Å². The van der Waals surface area contributed by atoms with Crippen molar-refractivity contribution in [1.29, 1.82) is 0 Å². The fraction of sp³-hybridized carbons (Fsp3) is 0.909. The summed E-state index contributed by atoms with van der Waals surface area (Å²) in [5, 5.41) is 121. The summed E-state index contributed by atoms with van der Waals surface area (Å²) in [5.41, 5.74) is 0. The molecule has 3 aliphatic heterocycles. The van der Waals surface area contributed by atoms with Crippen LogP contribution in [0.1, 0.15) is 316 Å². The lowest BCUT2D eigenvalue weighted by Gasteiger charge is -2.48. The predicted molar refractivity (Wildman–Crippen MR) is 379 cm³/mol. The molecule has 3 heterocycles. The van der Waals surface area contributed by atoms with Crippen LogP contribution in [0.4, 0.5) is 0 Å². The summed E-state index contributed by atoms with van der Waals surface area (Å²) in [5.74, 6) is -0.283. The average molecular weight is 1370 g/mol. The maximum absolute atomic E-state index is 13.5. The molecule has 0 bridgehead atoms. The van der Waals surface area contributed by atoms with Crippen LogP contribution in [-0.2, 0) is 33.2 Å². The van der Waals surface area contributed by atoms with E-state index in [1.54, 1.807) is 6.08 Å². The topological polar surface area (TPSA) is 307 Å². The second kappa shape index (κ2) is 58.5. The van der Waals surface area contributed by atoms with Crippen molar-refractivity contribution in [1.82, 2.24) is 5.32 Å². The number of unbranched alkanes of at least 4 members (excludes halogenated alkanes) is 42. The first kappa shape index (κ1) is 88.2. The lowest BCUT2D eigenvalue weighted by molar-refractivity contribution is -0.379. The average Bonchev–Trinajstić information content (AvgIpc) is 0.798. The number of hydrogen-bond acceptors (Lipinski definition) is 18. The number of amides is 1. The van der Waals surface area contributed by atoms with Crippen molar-refractivity contribution in [2.24, 2.45) is 0 Å². The van der Waals surface area contributed by atoms with Gasteiger partial charge < -0.3 is 89.9 Å². The van der Waals surface area contributed by atoms with Gasteiger partial charge in [0.15, 0.2) is 18.9 Å². The Bertz CT molecular complexity index is 1880. The molecule has 17 unspecified atom stereocenters. The molecule has 12 N–H and O–H groups in total. The number of hydrogen-bond donors (Lipinski definition) is 12. The quantitative estimate of drug-likeness (QED) is 0.0199. The molecule has 0 radical (unpaired) electrons. The molecule has 0 aromatic heterocycles. The Hall–Kier alpha value is -1.99. The molecule has 1 amide bonds. The van der Waals surface area contributed by atoms with Gasteiger partial charge in [0.1, 0.15) is 73.2 Å². The van der Waals surface area contributed by atoms with Crippen LogP contribution in [0.5, 0.6) is 0 Å². The molecular formula is C77H143NO18. The van der Waals surface area contributed by atoms with Crippen LogP contribution in [0.25, 0.3) is 0 Å². The number of ether oxygens (including phenoxy) is 6. The molecule has 3 saturated heterocycles. The highest BCUT2D eigenvalue weighted by Crippen LogP contribution is 2.33. The van der Waals surface area contributed by atoms with E-state index in [0.717, 1.165) is 44.9 Å². The van der Waals surface area contributed by atoms with Gasteiger partial charge in [-0.25, -0.2) is 0 Å². The van der Waals surface area contributed by atoms with Gasteiger partial charge in [0, 0.05) is 6.42 Å². The smallest absolute Gasteiger partial charge is 0.220 e. The molecule has 0 aromatic carbocycles. The van der Waals surface area contributed by atoms with E-state index in [2.05, 4.69) is 43.5 Å². The molecule has 19 heteroatoms. The monoisotopic (exact) mass is 1370 g/mol. The van der Waals surface area contributed by atoms with Crippen LogP contribution in [-0.4, -0.2) is 193 Å². The van der Waals surface area contributed by atoms with E-state index < -0.39 is 124 Å². The van der Waals surface area contributed by atoms with Crippen LogP contribution in [0, 0.1) is 0 Å². The van der Waals surface area contributed by atoms with Crippen molar-refractivity contribution in [2.75, 3.05) is 26.4 Å². The van der Waals surface area contributed by atoms with Crippen molar-refractivity contribution < 1.29 is 89.4 Å². The highest BCUT2D eigenvalue weighted by Gasteiger charge is 2.53. The molecule has 0 aromatic rings. The maximum atomic E-state index is 13.5. The first-order valence-corrected chi connectivity index (χ1v) is 39.2. The summed E-state index contributed by atoms with van der Waals surface area (Å²) in [6.45, 7) is 1.75. The van der Waals surface area contributed by atoms with Crippen molar-refractivity contribution in [2.45, 2.75) is 420 Å². The van der Waals surface area contributed by atoms with Gasteiger partial charge in [-0.2, -0.15) is 0 Å². The number of aliphatic hydroxyl groups excluding tert-OH is 11. The summed E-state index contributed by atoms with van der Waals surface area (Å²) in [4.78, 5) is 13.5. The molecule has 17 atom stereocenters. The van der Waals surface area contributed by atoms with Gasteiger partial charge in [-0.15, -0.1) is 0 Å². The van der Waals surface area contributed by atoms with E-state index in [1.807, 2.05) is 6.08 Å². The summed E-state index contributed by atoms with van der Waals surface area (Å²) in [7, 11) is 0. The van der Waals surface area contributed by atoms with Crippen LogP contribution in [0.15, 0.2) is 36.5 Å². The Labute approximate surface area is 581 Å². The van der Waals surface area contributed by atoms with Crippen LogP contribution < -0.4 is 5.32 Å². The summed E-state index contributed by atoms with van der Waals surface area (Å²) in [6, 6.07) is -0.995. The molecule has 0 saturated carbocycles. The van der Waals surface area contributed by atoms with Crippen molar-refractivity contribution in [3.63, 3.8) is 0 Å². The lowest BCUT2D eigenvalue weighted by atomic mass is 9.96. The second-order valence-corrected chi connectivity index (χ2v) is 28.2. The van der Waals surface area contributed by atoms with Gasteiger partial charge in [-0.1, -0.05) is 301 Å². The molecule has 0 spiro atoms. The summed E-state index contributed by atoms with van der Waals surface area (Å²) >= 11 is 0. The largest absolute Gasteiger partial charge is 0.394 e. The van der Waals surface area contributed by atoms with E-state index >= 15 is 0 Å². The molecule has 3 rings (SSSR count). The Balaban J connectivity index is 1.39. The number of carbonyl (C=O) groups excluding carboxylic acids is 1. The zero-order valence-electron chi connectivity index (χ0n) is 60.1. The Morgan fingerprint density at radius 2 is 0.667 bits per heavy atom. The van der Waals surface area contributed by atoms with Crippen LogP contribution >= 0.6 is 0 Å². The van der Waals surface area contributed by atoms with E-state index in [1.165, 1.54) is 238 Å². The van der Waals surface area contributed by atoms with Crippen molar-refractivity contribution in [3.8, 4) is 0 Å². The van der Waals surface area contributed by atoms with Gasteiger partial charge in [-0.3, -0.25) is 4.79 Å². The lowest BCUT2D eigenvalue weighted by Crippen LogP contribution is -2.66. The number of aliphatic hydroxyl groups is 11.